The van der Waals surface area contributed by atoms with Crippen LogP contribution in [0.3, 0.4) is 0 Å². The summed E-state index contributed by atoms with van der Waals surface area (Å²) in [6.45, 7) is 0.898. The SMILES string of the molecule is COc1ccc(C(C(N)=O)c2c3[n+](cc4c(OC)c(OC)ccc24)CCc2cc4c(cc2-3)OCO4)cc1.[I-]. The number of halogens is 1. The second-order valence-electron chi connectivity index (χ2n) is 9.07. The van der Waals surface area contributed by atoms with Gasteiger partial charge in [0.1, 0.15) is 5.75 Å². The van der Waals surface area contributed by atoms with Crippen LogP contribution in [0.2, 0.25) is 0 Å². The fraction of sp³-hybridized carbons (Fsp3) is 0.241. The molecule has 9 heteroatoms. The van der Waals surface area contributed by atoms with Crippen LogP contribution >= 0.6 is 0 Å². The summed E-state index contributed by atoms with van der Waals surface area (Å²) in [4.78, 5) is 13.2. The molecule has 6 rings (SSSR count). The number of aryl methyl sites for hydroxylation is 2. The van der Waals surface area contributed by atoms with Crippen LogP contribution in [-0.2, 0) is 17.8 Å². The highest BCUT2D eigenvalue weighted by atomic mass is 127. The Labute approximate surface area is 237 Å². The average molecular weight is 626 g/mol. The number of nitrogens with zero attached hydrogens (tertiary/aromatic N) is 1. The molecule has 1 atom stereocenters. The van der Waals surface area contributed by atoms with E-state index in [2.05, 4.69) is 10.8 Å². The van der Waals surface area contributed by atoms with Crippen LogP contribution in [0, 0.1) is 0 Å². The van der Waals surface area contributed by atoms with Gasteiger partial charge in [-0.3, -0.25) is 4.79 Å². The maximum atomic E-state index is 13.2. The number of primary amides is 1. The van der Waals surface area contributed by atoms with Crippen LogP contribution in [-0.4, -0.2) is 34.0 Å². The lowest BCUT2D eigenvalue weighted by Crippen LogP contribution is -3.00. The van der Waals surface area contributed by atoms with E-state index in [4.69, 9.17) is 29.4 Å². The molecule has 0 radical (unpaired) electrons. The molecule has 0 bridgehead atoms. The quantitative estimate of drug-likeness (QED) is 0.251. The van der Waals surface area contributed by atoms with Gasteiger partial charge in [-0.2, -0.15) is 4.57 Å². The zero-order chi connectivity index (χ0) is 25.7. The molecule has 0 saturated carbocycles. The number of pyridine rings is 1. The minimum absolute atomic E-state index is 0. The molecule has 1 amide bonds. The molecular formula is C29H27IN2O6. The number of benzene rings is 3. The first-order valence-corrected chi connectivity index (χ1v) is 12.0. The van der Waals surface area contributed by atoms with Crippen LogP contribution in [0.15, 0.2) is 54.7 Å². The number of amides is 1. The minimum Gasteiger partial charge on any atom is -1.00 e. The summed E-state index contributed by atoms with van der Waals surface area (Å²) in [5.41, 5.74) is 10.8. The Morgan fingerprint density at radius 3 is 2.34 bits per heavy atom. The van der Waals surface area contributed by atoms with Crippen molar-refractivity contribution in [2.45, 2.75) is 18.9 Å². The number of nitrogens with two attached hydrogens (primary N) is 1. The van der Waals surface area contributed by atoms with Gasteiger partial charge in [0.2, 0.25) is 18.4 Å². The molecule has 1 unspecified atom stereocenters. The number of methoxy groups -OCH3 is 3. The van der Waals surface area contributed by atoms with Crippen molar-refractivity contribution in [2.24, 2.45) is 5.73 Å². The Morgan fingerprint density at radius 1 is 0.947 bits per heavy atom. The van der Waals surface area contributed by atoms with Crippen molar-refractivity contribution in [2.75, 3.05) is 28.1 Å². The normalized spacial score (nSPS) is 13.7. The molecule has 0 saturated heterocycles. The largest absolute Gasteiger partial charge is 1.00 e. The molecule has 196 valence electrons. The highest BCUT2D eigenvalue weighted by Crippen LogP contribution is 2.46. The van der Waals surface area contributed by atoms with Crippen molar-refractivity contribution in [3.8, 4) is 40.0 Å². The summed E-state index contributed by atoms with van der Waals surface area (Å²) in [6.07, 6.45) is 2.86. The Morgan fingerprint density at radius 2 is 1.68 bits per heavy atom. The molecule has 4 aromatic rings. The molecule has 0 spiro atoms. The zero-order valence-corrected chi connectivity index (χ0v) is 23.4. The standard InChI is InChI=1S/C29H26N2O6.HI/c1-33-18-6-4-16(5-7-18)25(29(30)32)26-19-8-9-22(34-2)28(35-3)21(19)14-31-11-10-17-12-23-24(37-15-36-23)13-20(17)27(26)31;/h4-9,12-14,25H,10-11,15H2,1-3H3,(H-,30,32);1H. The number of ether oxygens (including phenoxy) is 5. The van der Waals surface area contributed by atoms with Crippen LogP contribution < -0.4 is 58.0 Å². The third-order valence-electron chi connectivity index (χ3n) is 7.20. The van der Waals surface area contributed by atoms with Crippen molar-refractivity contribution in [1.82, 2.24) is 0 Å². The van der Waals surface area contributed by atoms with Crippen molar-refractivity contribution in [3.05, 3.63) is 71.4 Å². The number of fused-ring (bicyclic) bond motifs is 5. The van der Waals surface area contributed by atoms with E-state index in [1.54, 1.807) is 21.3 Å². The molecule has 2 aliphatic heterocycles. The summed E-state index contributed by atoms with van der Waals surface area (Å²) >= 11 is 0. The molecule has 2 N–H and O–H groups in total. The van der Waals surface area contributed by atoms with E-state index < -0.39 is 11.8 Å². The predicted octanol–water partition coefficient (Wildman–Crippen LogP) is 0.726. The van der Waals surface area contributed by atoms with Crippen molar-refractivity contribution >= 4 is 16.7 Å². The number of carbonyl (C=O) groups excluding carboxylic acids is 1. The van der Waals surface area contributed by atoms with Crippen molar-refractivity contribution in [3.63, 3.8) is 0 Å². The highest BCUT2D eigenvalue weighted by molar-refractivity contribution is 6.00. The summed E-state index contributed by atoms with van der Waals surface area (Å²) in [5.74, 6) is 2.15. The third-order valence-corrected chi connectivity index (χ3v) is 7.20. The maximum absolute atomic E-state index is 13.2. The van der Waals surface area contributed by atoms with E-state index in [0.29, 0.717) is 29.5 Å². The van der Waals surface area contributed by atoms with Gasteiger partial charge in [-0.1, -0.05) is 12.1 Å². The number of hydrogen-bond acceptors (Lipinski definition) is 6. The third kappa shape index (κ3) is 4.05. The Kier molecular flexibility index (Phi) is 6.95. The van der Waals surface area contributed by atoms with Gasteiger partial charge in [0.15, 0.2) is 35.7 Å². The topological polar surface area (TPSA) is 93.1 Å². The average Bonchev–Trinajstić information content (AvgIpc) is 3.38. The first kappa shape index (κ1) is 25.9. The molecule has 0 fully saturated rings. The van der Waals surface area contributed by atoms with Gasteiger partial charge < -0.3 is 53.4 Å². The lowest BCUT2D eigenvalue weighted by Gasteiger charge is -2.24. The van der Waals surface area contributed by atoms with E-state index in [1.165, 1.54) is 0 Å². The molecule has 38 heavy (non-hydrogen) atoms. The van der Waals surface area contributed by atoms with E-state index in [0.717, 1.165) is 50.9 Å². The van der Waals surface area contributed by atoms with Gasteiger partial charge in [0.05, 0.1) is 38.2 Å². The fourth-order valence-electron chi connectivity index (χ4n) is 5.51. The number of hydrogen-bond donors (Lipinski definition) is 1. The second-order valence-corrected chi connectivity index (χ2v) is 9.07. The van der Waals surface area contributed by atoms with Crippen molar-refractivity contribution in [1.29, 1.82) is 0 Å². The monoisotopic (exact) mass is 626 g/mol. The fourth-order valence-corrected chi connectivity index (χ4v) is 5.51. The van der Waals surface area contributed by atoms with Gasteiger partial charge in [-0.25, -0.2) is 0 Å². The van der Waals surface area contributed by atoms with Crippen LogP contribution in [0.4, 0.5) is 0 Å². The molecular weight excluding hydrogens is 599 g/mol. The predicted molar refractivity (Wildman–Crippen MR) is 137 cm³/mol. The van der Waals surface area contributed by atoms with Gasteiger partial charge in [0.25, 0.3) is 0 Å². The maximum Gasteiger partial charge on any atom is 0.231 e. The van der Waals surface area contributed by atoms with Gasteiger partial charge in [-0.05, 0) is 47.5 Å². The lowest BCUT2D eigenvalue weighted by atomic mass is 9.82. The van der Waals surface area contributed by atoms with Gasteiger partial charge in [-0.15, -0.1) is 0 Å². The van der Waals surface area contributed by atoms with Crippen molar-refractivity contribution < 1.29 is 57.0 Å². The number of aromatic nitrogens is 1. The highest BCUT2D eigenvalue weighted by Gasteiger charge is 2.37. The molecule has 2 aliphatic rings. The van der Waals surface area contributed by atoms with Crippen LogP contribution in [0.5, 0.6) is 28.7 Å². The van der Waals surface area contributed by atoms with Gasteiger partial charge >= 0.3 is 0 Å². The molecule has 1 aromatic heterocycles. The summed E-state index contributed by atoms with van der Waals surface area (Å²) in [6, 6.07) is 15.3. The van der Waals surface area contributed by atoms with E-state index >= 15 is 0 Å². The smallest absolute Gasteiger partial charge is 0.231 e. The molecule has 3 aromatic carbocycles. The first-order chi connectivity index (χ1) is 18.0. The van der Waals surface area contributed by atoms with E-state index in [-0.39, 0.29) is 30.8 Å². The summed E-state index contributed by atoms with van der Waals surface area (Å²) < 4.78 is 30.3. The molecule has 8 nitrogen and oxygen atoms in total. The first-order valence-electron chi connectivity index (χ1n) is 12.0. The van der Waals surface area contributed by atoms with Crippen LogP contribution in [0.1, 0.15) is 22.6 Å². The molecule has 0 aliphatic carbocycles. The van der Waals surface area contributed by atoms with E-state index in [1.807, 2.05) is 48.5 Å². The lowest BCUT2D eigenvalue weighted by molar-refractivity contribution is -0.686. The second kappa shape index (κ2) is 10.2. The number of rotatable bonds is 6. The minimum atomic E-state index is -0.731. The Balaban J connectivity index is 0.00000294. The summed E-state index contributed by atoms with van der Waals surface area (Å²) in [5, 5.41) is 1.69. The van der Waals surface area contributed by atoms with Gasteiger partial charge in [0, 0.05) is 17.4 Å². The Bertz CT molecular complexity index is 1550. The summed E-state index contributed by atoms with van der Waals surface area (Å²) in [7, 11) is 4.84. The van der Waals surface area contributed by atoms with E-state index in [9.17, 15) is 4.79 Å². The number of carbonyl (C=O) groups is 1. The zero-order valence-electron chi connectivity index (χ0n) is 21.2. The molecule has 3 heterocycles. The van der Waals surface area contributed by atoms with Crippen LogP contribution in [0.25, 0.3) is 22.0 Å². The Hall–Kier alpha value is -3.73.